The first-order chi connectivity index (χ1) is 9.53. The third-order valence-electron chi connectivity index (χ3n) is 2.46. The first kappa shape index (κ1) is 18.5. The van der Waals surface area contributed by atoms with Crippen molar-refractivity contribution in [3.63, 3.8) is 0 Å². The van der Waals surface area contributed by atoms with E-state index in [1.165, 1.54) is 6.07 Å². The number of hydrogen-bond acceptors (Lipinski definition) is 5. The Morgan fingerprint density at radius 2 is 1.71 bits per heavy atom. The van der Waals surface area contributed by atoms with E-state index in [1.54, 1.807) is 0 Å². The molecule has 0 aliphatic heterocycles. The van der Waals surface area contributed by atoms with Gasteiger partial charge in [-0.15, -0.1) is 0 Å². The fourth-order valence-electron chi connectivity index (χ4n) is 1.44. The zero-order chi connectivity index (χ0) is 16.3. The lowest BCUT2D eigenvalue weighted by atomic mass is 10.3. The van der Waals surface area contributed by atoms with E-state index in [0.717, 1.165) is 6.07 Å². The van der Waals surface area contributed by atoms with E-state index in [9.17, 15) is 16.8 Å². The maximum Gasteiger partial charge on any atom is 0.264 e. The number of halogens is 2. The Labute approximate surface area is 133 Å². The molecule has 0 spiro atoms. The Morgan fingerprint density at radius 3 is 2.29 bits per heavy atom. The minimum absolute atomic E-state index is 0.00379. The van der Waals surface area contributed by atoms with Crippen molar-refractivity contribution in [3.8, 4) is 0 Å². The van der Waals surface area contributed by atoms with Gasteiger partial charge >= 0.3 is 0 Å². The number of benzene rings is 1. The molecule has 0 aliphatic carbocycles. The van der Waals surface area contributed by atoms with Crippen LogP contribution in [0.2, 0.25) is 10.0 Å². The molecule has 0 atom stereocenters. The summed E-state index contributed by atoms with van der Waals surface area (Å²) in [5.74, 6) is -0.427. The summed E-state index contributed by atoms with van der Waals surface area (Å²) in [5, 5.41) is -0.00603. The highest BCUT2D eigenvalue weighted by Gasteiger charge is 2.19. The monoisotopic (exact) mass is 376 g/mol. The number of anilines is 1. The third-order valence-corrected chi connectivity index (χ3v) is 5.52. The Morgan fingerprint density at radius 1 is 1.10 bits per heavy atom. The van der Waals surface area contributed by atoms with Crippen LogP contribution in [-0.4, -0.2) is 33.7 Å². The Balaban J connectivity index is 2.68. The van der Waals surface area contributed by atoms with Crippen molar-refractivity contribution in [1.82, 2.24) is 4.72 Å². The van der Waals surface area contributed by atoms with Crippen LogP contribution in [0.25, 0.3) is 0 Å². The molecular formula is C10H14Cl2N2O5S2. The number of unbranched alkanes of at least 4 members (excludes halogenated alkanes) is 1. The van der Waals surface area contributed by atoms with Crippen molar-refractivity contribution in [2.75, 3.05) is 18.0 Å². The largest absolute Gasteiger partial charge is 0.397 e. The predicted octanol–water partition coefficient (Wildman–Crippen LogP) is 1.52. The minimum atomic E-state index is -4.04. The van der Waals surface area contributed by atoms with Gasteiger partial charge in [-0.2, -0.15) is 8.42 Å². The van der Waals surface area contributed by atoms with Gasteiger partial charge in [0.2, 0.25) is 10.0 Å². The second kappa shape index (κ2) is 7.12. The third kappa shape index (κ3) is 5.97. The van der Waals surface area contributed by atoms with E-state index in [1.807, 2.05) is 0 Å². The summed E-state index contributed by atoms with van der Waals surface area (Å²) in [6.45, 7) is -0.00379. The van der Waals surface area contributed by atoms with Crippen molar-refractivity contribution < 1.29 is 21.4 Å². The summed E-state index contributed by atoms with van der Waals surface area (Å²) in [7, 11) is -7.92. The van der Waals surface area contributed by atoms with Crippen LogP contribution in [0.5, 0.6) is 0 Å². The second-order valence-electron chi connectivity index (χ2n) is 4.20. The second-order valence-corrected chi connectivity index (χ2v) is 8.32. The molecule has 0 aromatic heterocycles. The van der Waals surface area contributed by atoms with E-state index >= 15 is 0 Å². The molecule has 7 nitrogen and oxygen atoms in total. The molecule has 0 aliphatic rings. The van der Waals surface area contributed by atoms with E-state index in [2.05, 4.69) is 4.72 Å². The SMILES string of the molecule is Nc1cc(Cl)c(S(=O)(=O)NCCCCS(=O)(=O)O)cc1Cl. The highest BCUT2D eigenvalue weighted by Crippen LogP contribution is 2.29. The maximum atomic E-state index is 12.0. The summed E-state index contributed by atoms with van der Waals surface area (Å²) in [5.41, 5.74) is 5.66. The summed E-state index contributed by atoms with van der Waals surface area (Å²) in [6.07, 6.45) is 0.358. The van der Waals surface area contributed by atoms with Gasteiger partial charge in [0.15, 0.2) is 0 Å². The van der Waals surface area contributed by atoms with Crippen molar-refractivity contribution in [3.05, 3.63) is 22.2 Å². The normalized spacial score (nSPS) is 12.5. The summed E-state index contributed by atoms with van der Waals surface area (Å²) >= 11 is 11.6. The molecule has 0 fully saturated rings. The molecule has 0 radical (unpaired) electrons. The van der Waals surface area contributed by atoms with Gasteiger partial charge < -0.3 is 5.73 Å². The highest BCUT2D eigenvalue weighted by molar-refractivity contribution is 7.89. The van der Waals surface area contributed by atoms with Crippen molar-refractivity contribution >= 4 is 49.0 Å². The van der Waals surface area contributed by atoms with Crippen LogP contribution in [0.1, 0.15) is 12.8 Å². The van der Waals surface area contributed by atoms with E-state index < -0.39 is 25.9 Å². The lowest BCUT2D eigenvalue weighted by Gasteiger charge is -2.09. The van der Waals surface area contributed by atoms with Gasteiger partial charge in [0.05, 0.1) is 21.5 Å². The van der Waals surface area contributed by atoms with E-state index in [4.69, 9.17) is 33.5 Å². The molecular weight excluding hydrogens is 363 g/mol. The highest BCUT2D eigenvalue weighted by atomic mass is 35.5. The smallest absolute Gasteiger partial charge is 0.264 e. The molecule has 0 bridgehead atoms. The van der Waals surface area contributed by atoms with Gasteiger partial charge in [-0.1, -0.05) is 23.2 Å². The average Bonchev–Trinajstić information content (AvgIpc) is 2.31. The summed E-state index contributed by atoms with van der Waals surface area (Å²) in [4.78, 5) is -0.210. The molecule has 0 heterocycles. The summed E-state index contributed by atoms with van der Waals surface area (Å²) in [6, 6.07) is 2.37. The molecule has 1 aromatic carbocycles. The maximum absolute atomic E-state index is 12.0. The summed E-state index contributed by atoms with van der Waals surface area (Å²) < 4.78 is 55.8. The van der Waals surface area contributed by atoms with Gasteiger partial charge in [-0.25, -0.2) is 13.1 Å². The number of nitrogens with one attached hydrogen (secondary N) is 1. The molecule has 1 rings (SSSR count). The van der Waals surface area contributed by atoms with Crippen LogP contribution in [-0.2, 0) is 20.1 Å². The molecule has 21 heavy (non-hydrogen) atoms. The minimum Gasteiger partial charge on any atom is -0.397 e. The zero-order valence-corrected chi connectivity index (χ0v) is 13.9. The molecule has 11 heteroatoms. The van der Waals surface area contributed by atoms with Crippen LogP contribution >= 0.6 is 23.2 Å². The number of nitrogen functional groups attached to an aromatic ring is 1. The number of rotatable bonds is 7. The first-order valence-electron chi connectivity index (χ1n) is 5.72. The Bertz CT molecular complexity index is 719. The molecule has 4 N–H and O–H groups in total. The van der Waals surface area contributed by atoms with Gasteiger partial charge in [0.25, 0.3) is 10.1 Å². The molecule has 0 saturated heterocycles. The predicted molar refractivity (Wildman–Crippen MR) is 81.7 cm³/mol. The molecule has 1 aromatic rings. The molecule has 0 amide bonds. The fraction of sp³-hybridized carbons (Fsp3) is 0.400. The molecule has 0 saturated carbocycles. The van der Waals surface area contributed by atoms with E-state index in [-0.39, 0.29) is 40.0 Å². The van der Waals surface area contributed by atoms with Crippen LogP contribution < -0.4 is 10.5 Å². The lowest BCUT2D eigenvalue weighted by molar-refractivity contribution is 0.480. The lowest BCUT2D eigenvalue weighted by Crippen LogP contribution is -2.25. The van der Waals surface area contributed by atoms with Crippen LogP contribution in [0, 0.1) is 0 Å². The van der Waals surface area contributed by atoms with Crippen molar-refractivity contribution in [1.29, 1.82) is 0 Å². The number of hydrogen-bond donors (Lipinski definition) is 3. The number of nitrogens with two attached hydrogens (primary N) is 1. The van der Waals surface area contributed by atoms with Crippen LogP contribution in [0.4, 0.5) is 5.69 Å². The quantitative estimate of drug-likeness (QED) is 0.376. The van der Waals surface area contributed by atoms with Gasteiger partial charge in [-0.05, 0) is 25.0 Å². The van der Waals surface area contributed by atoms with Crippen molar-refractivity contribution in [2.24, 2.45) is 0 Å². The topological polar surface area (TPSA) is 127 Å². The first-order valence-corrected chi connectivity index (χ1v) is 9.57. The van der Waals surface area contributed by atoms with Gasteiger partial charge in [-0.3, -0.25) is 4.55 Å². The number of sulfonamides is 1. The Hall–Kier alpha value is -0.580. The average molecular weight is 377 g/mol. The standard InChI is InChI=1S/C10H14Cl2N2O5S2/c11-7-6-10(8(12)5-9(7)13)21(18,19)14-3-1-2-4-20(15,16)17/h5-6,14H,1-4,13H2,(H,15,16,17). The van der Waals surface area contributed by atoms with E-state index in [0.29, 0.717) is 0 Å². The molecule has 0 unspecified atom stereocenters. The fourth-order valence-corrected chi connectivity index (χ4v) is 3.87. The van der Waals surface area contributed by atoms with Gasteiger partial charge in [0.1, 0.15) is 4.90 Å². The zero-order valence-electron chi connectivity index (χ0n) is 10.7. The van der Waals surface area contributed by atoms with Crippen LogP contribution in [0.15, 0.2) is 17.0 Å². The van der Waals surface area contributed by atoms with Crippen LogP contribution in [0.3, 0.4) is 0 Å². The Kier molecular flexibility index (Phi) is 6.26. The van der Waals surface area contributed by atoms with Crippen molar-refractivity contribution in [2.45, 2.75) is 17.7 Å². The van der Waals surface area contributed by atoms with Gasteiger partial charge in [0, 0.05) is 6.54 Å². The molecule has 120 valence electrons.